The van der Waals surface area contributed by atoms with Crippen LogP contribution in [0.1, 0.15) is 19.5 Å². The lowest BCUT2D eigenvalue weighted by atomic mass is 10.2. The molecule has 0 atom stereocenters. The molecule has 112 valence electrons. The van der Waals surface area contributed by atoms with Crippen LogP contribution < -0.4 is 10.1 Å². The average Bonchev–Trinajstić information content (AvgIpc) is 2.81. The fourth-order valence-electron chi connectivity index (χ4n) is 1.95. The van der Waals surface area contributed by atoms with Gasteiger partial charge in [0.25, 0.3) is 0 Å². The number of nitro groups is 1. The first kappa shape index (κ1) is 14.8. The summed E-state index contributed by atoms with van der Waals surface area (Å²) in [7, 11) is 1.82. The zero-order valence-corrected chi connectivity index (χ0v) is 12.2. The summed E-state index contributed by atoms with van der Waals surface area (Å²) in [4.78, 5) is 10.9. The number of para-hydroxylation sites is 1. The summed E-state index contributed by atoms with van der Waals surface area (Å²) in [6.45, 7) is 4.07. The summed E-state index contributed by atoms with van der Waals surface area (Å²) in [5.74, 6) is 0.265. The Morgan fingerprint density at radius 1 is 1.43 bits per heavy atom. The number of nitrogens with zero attached hydrogens (tertiary/aromatic N) is 3. The number of aryl methyl sites for hydroxylation is 1. The largest absolute Gasteiger partial charge is 0.484 e. The van der Waals surface area contributed by atoms with E-state index in [1.54, 1.807) is 22.9 Å². The quantitative estimate of drug-likeness (QED) is 0.653. The normalized spacial score (nSPS) is 10.7. The molecule has 1 aromatic heterocycles. The van der Waals surface area contributed by atoms with E-state index in [0.717, 1.165) is 5.69 Å². The molecule has 1 N–H and O–H groups in total. The van der Waals surface area contributed by atoms with Crippen LogP contribution in [0.3, 0.4) is 0 Å². The maximum Gasteiger partial charge on any atom is 0.333 e. The lowest BCUT2D eigenvalue weighted by Crippen LogP contribution is -2.09. The molecule has 1 aromatic carbocycles. The number of nitro benzene ring substituents is 1. The van der Waals surface area contributed by atoms with Crippen molar-refractivity contribution in [3.8, 4) is 5.75 Å². The highest BCUT2D eigenvalue weighted by atomic mass is 16.6. The molecule has 0 aliphatic carbocycles. The second kappa shape index (κ2) is 6.25. The Morgan fingerprint density at radius 2 is 2.19 bits per heavy atom. The van der Waals surface area contributed by atoms with E-state index in [9.17, 15) is 10.1 Å². The first-order valence-electron chi connectivity index (χ1n) is 6.64. The molecule has 0 bridgehead atoms. The Balaban J connectivity index is 2.23. The Bertz CT molecular complexity index is 637. The Hall–Kier alpha value is -2.57. The molecule has 0 spiro atoms. The molecule has 2 rings (SSSR count). The minimum Gasteiger partial charge on any atom is -0.484 e. The van der Waals surface area contributed by atoms with Crippen LogP contribution in [0, 0.1) is 10.1 Å². The van der Waals surface area contributed by atoms with Crippen molar-refractivity contribution < 1.29 is 9.66 Å². The van der Waals surface area contributed by atoms with Crippen molar-refractivity contribution in [2.24, 2.45) is 7.05 Å². The summed E-state index contributed by atoms with van der Waals surface area (Å²) in [5.41, 5.74) is 1.17. The zero-order valence-electron chi connectivity index (χ0n) is 12.2. The van der Waals surface area contributed by atoms with Gasteiger partial charge in [-0.1, -0.05) is 6.07 Å². The van der Waals surface area contributed by atoms with Gasteiger partial charge in [-0.15, -0.1) is 0 Å². The van der Waals surface area contributed by atoms with Gasteiger partial charge in [-0.05, 0) is 32.0 Å². The van der Waals surface area contributed by atoms with E-state index in [4.69, 9.17) is 4.74 Å². The first-order chi connectivity index (χ1) is 9.97. The van der Waals surface area contributed by atoms with Gasteiger partial charge in [-0.25, -0.2) is 0 Å². The summed E-state index contributed by atoms with van der Waals surface area (Å²) in [5, 5.41) is 18.6. The van der Waals surface area contributed by atoms with Gasteiger partial charge in [0.2, 0.25) is 0 Å². The third kappa shape index (κ3) is 3.71. The molecule has 1 heterocycles. The number of benzene rings is 1. The van der Waals surface area contributed by atoms with Crippen LogP contribution >= 0.6 is 0 Å². The molecule has 2 aromatic rings. The van der Waals surface area contributed by atoms with Gasteiger partial charge in [0.15, 0.2) is 5.75 Å². The summed E-state index contributed by atoms with van der Waals surface area (Å²) in [6.07, 6.45) is 1.69. The minimum atomic E-state index is -0.432. The lowest BCUT2D eigenvalue weighted by molar-refractivity contribution is -0.385. The second-order valence-electron chi connectivity index (χ2n) is 4.91. The molecule has 0 saturated heterocycles. The monoisotopic (exact) mass is 290 g/mol. The average molecular weight is 290 g/mol. The number of rotatable bonds is 6. The summed E-state index contributed by atoms with van der Waals surface area (Å²) < 4.78 is 7.19. The van der Waals surface area contributed by atoms with Crippen LogP contribution in [0.5, 0.6) is 5.75 Å². The fraction of sp³-hybridized carbons (Fsp3) is 0.357. The molecule has 0 aliphatic rings. The Kier molecular flexibility index (Phi) is 4.42. The van der Waals surface area contributed by atoms with Crippen LogP contribution in [-0.2, 0) is 13.6 Å². The van der Waals surface area contributed by atoms with Crippen molar-refractivity contribution in [2.75, 3.05) is 5.32 Å². The fourth-order valence-corrected chi connectivity index (χ4v) is 1.95. The molecule has 21 heavy (non-hydrogen) atoms. The van der Waals surface area contributed by atoms with Gasteiger partial charge in [0.1, 0.15) is 5.69 Å². The van der Waals surface area contributed by atoms with E-state index in [2.05, 4.69) is 10.4 Å². The Morgan fingerprint density at radius 3 is 2.76 bits per heavy atom. The van der Waals surface area contributed by atoms with Gasteiger partial charge in [-0.3, -0.25) is 14.8 Å². The number of hydrogen-bond donors (Lipinski definition) is 1. The number of hydrogen-bond acceptors (Lipinski definition) is 5. The number of aromatic nitrogens is 2. The maximum atomic E-state index is 11.3. The molecule has 0 saturated carbocycles. The van der Waals surface area contributed by atoms with Gasteiger partial charge in [0, 0.05) is 13.2 Å². The van der Waals surface area contributed by atoms with E-state index in [1.807, 2.05) is 33.2 Å². The van der Waals surface area contributed by atoms with E-state index in [1.165, 1.54) is 0 Å². The highest BCUT2D eigenvalue weighted by Crippen LogP contribution is 2.35. The third-order valence-electron chi connectivity index (χ3n) is 2.77. The van der Waals surface area contributed by atoms with Crippen LogP contribution in [0.2, 0.25) is 0 Å². The standard InChI is InChI=1S/C14H18N4O3/c1-10(2)21-13-6-4-5-12(14(13)18(19)20)15-9-11-7-8-17(3)16-11/h4-8,10,15H,9H2,1-3H3. The van der Waals surface area contributed by atoms with Gasteiger partial charge >= 0.3 is 5.69 Å². The molecule has 0 radical (unpaired) electrons. The zero-order chi connectivity index (χ0) is 15.4. The highest BCUT2D eigenvalue weighted by Gasteiger charge is 2.21. The topological polar surface area (TPSA) is 82.2 Å². The van der Waals surface area contributed by atoms with Crippen molar-refractivity contribution >= 4 is 11.4 Å². The van der Waals surface area contributed by atoms with Gasteiger partial charge in [-0.2, -0.15) is 5.10 Å². The van der Waals surface area contributed by atoms with Crippen molar-refractivity contribution in [1.82, 2.24) is 9.78 Å². The Labute approximate surface area is 122 Å². The molecule has 0 unspecified atom stereocenters. The van der Waals surface area contributed by atoms with E-state index in [0.29, 0.717) is 12.2 Å². The molecular formula is C14H18N4O3. The molecule has 0 aliphatic heterocycles. The van der Waals surface area contributed by atoms with Crippen LogP contribution in [0.4, 0.5) is 11.4 Å². The lowest BCUT2D eigenvalue weighted by Gasteiger charge is -2.12. The van der Waals surface area contributed by atoms with Crippen molar-refractivity contribution in [2.45, 2.75) is 26.5 Å². The molecule has 7 heteroatoms. The van der Waals surface area contributed by atoms with Crippen LogP contribution in [0.25, 0.3) is 0 Å². The van der Waals surface area contributed by atoms with E-state index >= 15 is 0 Å². The van der Waals surface area contributed by atoms with Crippen molar-refractivity contribution in [3.05, 3.63) is 46.3 Å². The predicted molar refractivity (Wildman–Crippen MR) is 79.4 cm³/mol. The highest BCUT2D eigenvalue weighted by molar-refractivity contribution is 5.68. The number of anilines is 1. The second-order valence-corrected chi connectivity index (χ2v) is 4.91. The van der Waals surface area contributed by atoms with Crippen LogP contribution in [0.15, 0.2) is 30.5 Å². The SMILES string of the molecule is CC(C)Oc1cccc(NCc2ccn(C)n2)c1[N+](=O)[O-]. The van der Waals surface area contributed by atoms with E-state index in [-0.39, 0.29) is 17.5 Å². The third-order valence-corrected chi connectivity index (χ3v) is 2.77. The van der Waals surface area contributed by atoms with Crippen LogP contribution in [-0.4, -0.2) is 20.8 Å². The van der Waals surface area contributed by atoms with Crippen molar-refractivity contribution in [3.63, 3.8) is 0 Å². The van der Waals surface area contributed by atoms with Gasteiger partial charge < -0.3 is 10.1 Å². The predicted octanol–water partition coefficient (Wildman–Crippen LogP) is 2.73. The summed E-state index contributed by atoms with van der Waals surface area (Å²) in [6, 6.07) is 6.84. The van der Waals surface area contributed by atoms with E-state index < -0.39 is 4.92 Å². The van der Waals surface area contributed by atoms with Crippen molar-refractivity contribution in [1.29, 1.82) is 0 Å². The number of ether oxygens (including phenoxy) is 1. The molecular weight excluding hydrogens is 272 g/mol. The van der Waals surface area contributed by atoms with Gasteiger partial charge in [0.05, 0.1) is 23.3 Å². The first-order valence-corrected chi connectivity index (χ1v) is 6.64. The molecule has 0 fully saturated rings. The maximum absolute atomic E-state index is 11.3. The smallest absolute Gasteiger partial charge is 0.333 e. The number of nitrogens with one attached hydrogen (secondary N) is 1. The minimum absolute atomic E-state index is 0.0536. The molecule has 7 nitrogen and oxygen atoms in total. The summed E-state index contributed by atoms with van der Waals surface area (Å²) >= 11 is 0. The molecule has 0 amide bonds.